The summed E-state index contributed by atoms with van der Waals surface area (Å²) in [6.07, 6.45) is 4.99. The number of nitriles is 1. The van der Waals surface area contributed by atoms with Crippen LogP contribution in [0.2, 0.25) is 0 Å². The number of hydrogen-bond donors (Lipinski definition) is 2. The molecule has 3 amide bonds. The Morgan fingerprint density at radius 3 is 2.94 bits per heavy atom. The fourth-order valence-corrected chi connectivity index (χ4v) is 5.12. The number of carbonyl (C=O) groups excluding carboxylic acids is 2. The number of thiophene rings is 1. The second-order valence-electron chi connectivity index (χ2n) is 8.08. The number of urea groups is 1. The van der Waals surface area contributed by atoms with Crippen LogP contribution in [-0.2, 0) is 37.8 Å². The topological polar surface area (TPSA) is 112 Å². The molecule has 0 saturated heterocycles. The van der Waals surface area contributed by atoms with Gasteiger partial charge in [0.2, 0.25) is 5.91 Å². The number of aromatic nitrogens is 2. The van der Waals surface area contributed by atoms with Crippen molar-refractivity contribution in [1.82, 2.24) is 19.8 Å². The lowest BCUT2D eigenvalue weighted by Gasteiger charge is -2.27. The Balaban J connectivity index is 1.36. The minimum atomic E-state index is -0.174. The van der Waals surface area contributed by atoms with Crippen molar-refractivity contribution in [1.29, 1.82) is 5.26 Å². The molecule has 4 rings (SSSR count). The summed E-state index contributed by atoms with van der Waals surface area (Å²) in [7, 11) is 3.49. The van der Waals surface area contributed by atoms with Gasteiger partial charge in [-0.3, -0.25) is 4.79 Å². The van der Waals surface area contributed by atoms with Gasteiger partial charge in [-0.15, -0.1) is 11.3 Å². The highest BCUT2D eigenvalue weighted by molar-refractivity contribution is 7.16. The zero-order chi connectivity index (χ0) is 24.1. The van der Waals surface area contributed by atoms with Crippen molar-refractivity contribution in [3.63, 3.8) is 0 Å². The van der Waals surface area contributed by atoms with E-state index in [-0.39, 0.29) is 11.9 Å². The maximum absolute atomic E-state index is 12.6. The molecule has 3 heterocycles. The Morgan fingerprint density at radius 2 is 2.21 bits per heavy atom. The molecule has 0 aliphatic carbocycles. The van der Waals surface area contributed by atoms with Gasteiger partial charge in [0, 0.05) is 31.1 Å². The zero-order valence-corrected chi connectivity index (χ0v) is 19.9. The van der Waals surface area contributed by atoms with Gasteiger partial charge >= 0.3 is 6.03 Å². The highest BCUT2D eigenvalue weighted by atomic mass is 32.1. The van der Waals surface area contributed by atoms with Crippen molar-refractivity contribution in [3.05, 3.63) is 64.1 Å². The standard InChI is InChI=1S/C24H26N6O3S/c1-29-13-17(27-15-29)12-26-24(32)30-9-8-19-20(11-25)23(34-21(19)14-30)28-22(31)7-6-16-4-3-5-18(10-16)33-2/h3-5,10,13,15H,6-9,12,14H2,1-2H3,(H,26,32)(H,28,31). The molecule has 0 unspecified atom stereocenters. The van der Waals surface area contributed by atoms with Crippen LogP contribution in [-0.4, -0.2) is 40.0 Å². The van der Waals surface area contributed by atoms with Crippen LogP contribution in [0, 0.1) is 11.3 Å². The van der Waals surface area contributed by atoms with E-state index in [1.165, 1.54) is 11.3 Å². The molecule has 9 nitrogen and oxygen atoms in total. The predicted molar refractivity (Wildman–Crippen MR) is 129 cm³/mol. The summed E-state index contributed by atoms with van der Waals surface area (Å²) in [5.74, 6) is 0.604. The van der Waals surface area contributed by atoms with Crippen molar-refractivity contribution in [2.75, 3.05) is 19.0 Å². The normalized spacial score (nSPS) is 12.6. The van der Waals surface area contributed by atoms with E-state index in [1.807, 2.05) is 42.1 Å². The van der Waals surface area contributed by atoms with E-state index >= 15 is 0 Å². The Bertz CT molecular complexity index is 1240. The molecular formula is C24H26N6O3S. The summed E-state index contributed by atoms with van der Waals surface area (Å²) in [5, 5.41) is 16.1. The maximum Gasteiger partial charge on any atom is 0.318 e. The predicted octanol–water partition coefficient (Wildman–Crippen LogP) is 3.20. The lowest BCUT2D eigenvalue weighted by Crippen LogP contribution is -2.42. The number of hydrogen-bond acceptors (Lipinski definition) is 6. The summed E-state index contributed by atoms with van der Waals surface area (Å²) < 4.78 is 7.06. The molecule has 0 saturated carbocycles. The molecule has 176 valence electrons. The van der Waals surface area contributed by atoms with Crippen molar-refractivity contribution in [2.24, 2.45) is 7.05 Å². The van der Waals surface area contributed by atoms with E-state index in [4.69, 9.17) is 4.74 Å². The minimum Gasteiger partial charge on any atom is -0.497 e. The van der Waals surface area contributed by atoms with Gasteiger partial charge in [-0.1, -0.05) is 12.1 Å². The van der Waals surface area contributed by atoms with Gasteiger partial charge in [-0.25, -0.2) is 9.78 Å². The Hall–Kier alpha value is -3.84. The van der Waals surface area contributed by atoms with Crippen LogP contribution in [0.4, 0.5) is 9.80 Å². The molecule has 0 atom stereocenters. The number of carbonyl (C=O) groups is 2. The van der Waals surface area contributed by atoms with Crippen LogP contribution >= 0.6 is 11.3 Å². The number of nitrogens with zero attached hydrogens (tertiary/aromatic N) is 4. The van der Waals surface area contributed by atoms with Crippen LogP contribution in [0.25, 0.3) is 0 Å². The van der Waals surface area contributed by atoms with Crippen molar-refractivity contribution in [3.8, 4) is 11.8 Å². The molecule has 1 aliphatic heterocycles. The van der Waals surface area contributed by atoms with Crippen LogP contribution in [0.15, 0.2) is 36.8 Å². The van der Waals surface area contributed by atoms with Gasteiger partial charge in [-0.2, -0.15) is 5.26 Å². The van der Waals surface area contributed by atoms with Crippen LogP contribution in [0.5, 0.6) is 5.75 Å². The molecular weight excluding hydrogens is 452 g/mol. The average molecular weight is 479 g/mol. The summed E-state index contributed by atoms with van der Waals surface area (Å²) in [6, 6.07) is 9.68. The highest BCUT2D eigenvalue weighted by Crippen LogP contribution is 2.36. The van der Waals surface area contributed by atoms with Gasteiger partial charge in [0.05, 0.1) is 37.8 Å². The van der Waals surface area contributed by atoms with Crippen molar-refractivity contribution >= 4 is 28.3 Å². The molecule has 1 aromatic carbocycles. The fraction of sp³-hybridized carbons (Fsp3) is 0.333. The number of methoxy groups -OCH3 is 1. The molecule has 3 aromatic rings. The third-order valence-electron chi connectivity index (χ3n) is 5.66. The largest absolute Gasteiger partial charge is 0.497 e. The molecule has 0 bridgehead atoms. The van der Waals surface area contributed by atoms with Crippen molar-refractivity contribution < 1.29 is 14.3 Å². The lowest BCUT2D eigenvalue weighted by molar-refractivity contribution is -0.116. The average Bonchev–Trinajstić information content (AvgIpc) is 3.42. The molecule has 1 aliphatic rings. The number of nitrogens with one attached hydrogen (secondary N) is 2. The first-order chi connectivity index (χ1) is 16.5. The summed E-state index contributed by atoms with van der Waals surface area (Å²) in [5.41, 5.74) is 3.22. The summed E-state index contributed by atoms with van der Waals surface area (Å²) in [6.45, 7) is 1.27. The zero-order valence-electron chi connectivity index (χ0n) is 19.1. The molecule has 2 N–H and O–H groups in total. The summed E-state index contributed by atoms with van der Waals surface area (Å²) >= 11 is 1.37. The Labute approximate surface area is 202 Å². The second-order valence-corrected chi connectivity index (χ2v) is 9.19. The number of fused-ring (bicyclic) bond motifs is 1. The number of benzene rings is 1. The first-order valence-corrected chi connectivity index (χ1v) is 11.8. The number of imidazole rings is 1. The third kappa shape index (κ3) is 5.38. The van der Waals surface area contributed by atoms with Gasteiger partial charge in [0.1, 0.15) is 16.8 Å². The van der Waals surface area contributed by atoms with E-state index in [0.717, 1.165) is 27.4 Å². The quantitative estimate of drug-likeness (QED) is 0.542. The number of amides is 3. The van der Waals surface area contributed by atoms with E-state index in [1.54, 1.807) is 18.3 Å². The smallest absolute Gasteiger partial charge is 0.318 e. The summed E-state index contributed by atoms with van der Waals surface area (Å²) in [4.78, 5) is 32.1. The second kappa shape index (κ2) is 10.4. The first kappa shape index (κ1) is 23.3. The molecule has 2 aromatic heterocycles. The van der Waals surface area contributed by atoms with Gasteiger partial charge in [0.25, 0.3) is 0 Å². The number of anilines is 1. The van der Waals surface area contributed by atoms with Gasteiger partial charge in [-0.05, 0) is 36.1 Å². The van der Waals surface area contributed by atoms with Gasteiger partial charge in [0.15, 0.2) is 0 Å². The van der Waals surface area contributed by atoms with E-state index in [9.17, 15) is 14.9 Å². The van der Waals surface area contributed by atoms with Gasteiger partial charge < -0.3 is 24.8 Å². The SMILES string of the molecule is COc1cccc(CCC(=O)Nc2sc3c(c2C#N)CCN(C(=O)NCc2cn(C)cn2)C3)c1. The van der Waals surface area contributed by atoms with Crippen LogP contribution in [0.3, 0.4) is 0 Å². The molecule has 0 fully saturated rings. The highest BCUT2D eigenvalue weighted by Gasteiger charge is 2.27. The van der Waals surface area contributed by atoms with E-state index in [0.29, 0.717) is 49.5 Å². The Morgan fingerprint density at radius 1 is 1.35 bits per heavy atom. The number of aryl methyl sites for hydroxylation is 2. The first-order valence-electron chi connectivity index (χ1n) is 10.9. The number of rotatable bonds is 7. The lowest BCUT2D eigenvalue weighted by atomic mass is 10.0. The van der Waals surface area contributed by atoms with E-state index < -0.39 is 0 Å². The maximum atomic E-state index is 12.6. The molecule has 34 heavy (non-hydrogen) atoms. The molecule has 0 radical (unpaired) electrons. The third-order valence-corrected chi connectivity index (χ3v) is 6.80. The minimum absolute atomic E-state index is 0.150. The fourth-order valence-electron chi connectivity index (χ4n) is 3.89. The van der Waals surface area contributed by atoms with Crippen LogP contribution in [0.1, 0.15) is 33.7 Å². The molecule has 10 heteroatoms. The van der Waals surface area contributed by atoms with Crippen molar-refractivity contribution in [2.45, 2.75) is 32.4 Å². The number of ether oxygens (including phenoxy) is 1. The Kier molecular flexibility index (Phi) is 7.13. The monoisotopic (exact) mass is 478 g/mol. The molecule has 0 spiro atoms. The van der Waals surface area contributed by atoms with E-state index in [2.05, 4.69) is 21.7 Å². The van der Waals surface area contributed by atoms with Crippen LogP contribution < -0.4 is 15.4 Å².